The van der Waals surface area contributed by atoms with Crippen molar-refractivity contribution in [1.29, 1.82) is 0 Å². The van der Waals surface area contributed by atoms with Gasteiger partial charge < -0.3 is 10.8 Å². The first-order chi connectivity index (χ1) is 7.81. The average Bonchev–Trinajstić information content (AvgIpc) is 2.31. The van der Waals surface area contributed by atoms with E-state index in [1.54, 1.807) is 0 Å². The van der Waals surface area contributed by atoms with Crippen molar-refractivity contribution in [3.63, 3.8) is 0 Å². The van der Waals surface area contributed by atoms with Crippen molar-refractivity contribution in [2.24, 2.45) is 5.73 Å². The van der Waals surface area contributed by atoms with Gasteiger partial charge in [0.1, 0.15) is 0 Å². The van der Waals surface area contributed by atoms with Crippen molar-refractivity contribution in [2.45, 2.75) is 83.6 Å². The van der Waals surface area contributed by atoms with E-state index >= 15 is 0 Å². The zero-order valence-corrected chi connectivity index (χ0v) is 12.3. The van der Waals surface area contributed by atoms with Gasteiger partial charge in [0.05, 0.1) is 6.61 Å². The second-order valence-corrected chi connectivity index (χ2v) is 4.91. The minimum atomic E-state index is 0. The lowest BCUT2D eigenvalue weighted by Gasteiger charge is -2.07. The fourth-order valence-electron chi connectivity index (χ4n) is 1.99. The molecule has 1 atom stereocenters. The molecule has 0 bridgehead atoms. The largest absolute Gasteiger partial charge is 0.395 e. The van der Waals surface area contributed by atoms with Crippen LogP contribution < -0.4 is 5.73 Å². The lowest BCUT2D eigenvalue weighted by molar-refractivity contribution is 0.257. The molecular formula is C14H32ClNO. The van der Waals surface area contributed by atoms with E-state index in [1.807, 2.05) is 0 Å². The molecule has 3 heteroatoms. The van der Waals surface area contributed by atoms with Crippen LogP contribution in [0.25, 0.3) is 0 Å². The first-order valence-corrected chi connectivity index (χ1v) is 7.17. The zero-order chi connectivity index (χ0) is 12.1. The number of aliphatic hydroxyl groups is 1. The molecule has 0 aromatic carbocycles. The maximum absolute atomic E-state index is 8.75. The van der Waals surface area contributed by atoms with Gasteiger partial charge in [0.2, 0.25) is 0 Å². The van der Waals surface area contributed by atoms with Gasteiger partial charge in [-0.3, -0.25) is 0 Å². The summed E-state index contributed by atoms with van der Waals surface area (Å²) in [5, 5.41) is 8.75. The van der Waals surface area contributed by atoms with E-state index in [0.717, 1.165) is 6.42 Å². The summed E-state index contributed by atoms with van der Waals surface area (Å²) in [5.74, 6) is 0. The molecule has 0 aromatic rings. The first kappa shape index (κ1) is 19.5. The van der Waals surface area contributed by atoms with Gasteiger partial charge in [-0.1, -0.05) is 71.1 Å². The number of hydrogen-bond acceptors (Lipinski definition) is 2. The molecule has 0 rings (SSSR count). The van der Waals surface area contributed by atoms with E-state index in [9.17, 15) is 0 Å². The molecule has 0 aliphatic carbocycles. The molecule has 0 spiro atoms. The Morgan fingerprint density at radius 3 is 1.65 bits per heavy atom. The highest BCUT2D eigenvalue weighted by molar-refractivity contribution is 5.85. The smallest absolute Gasteiger partial charge is 0.0582 e. The van der Waals surface area contributed by atoms with Crippen LogP contribution in [0.5, 0.6) is 0 Å². The molecule has 0 aliphatic heterocycles. The lowest BCUT2D eigenvalue weighted by Crippen LogP contribution is -2.23. The summed E-state index contributed by atoms with van der Waals surface area (Å²) in [7, 11) is 0. The number of hydrogen-bond donors (Lipinski definition) is 2. The Morgan fingerprint density at radius 1 is 0.824 bits per heavy atom. The van der Waals surface area contributed by atoms with Crippen molar-refractivity contribution in [3.8, 4) is 0 Å². The molecule has 3 N–H and O–H groups in total. The van der Waals surface area contributed by atoms with E-state index in [-0.39, 0.29) is 25.1 Å². The summed E-state index contributed by atoms with van der Waals surface area (Å²) in [4.78, 5) is 0. The molecule has 0 heterocycles. The van der Waals surface area contributed by atoms with Crippen LogP contribution in [0.4, 0.5) is 0 Å². The molecular weight excluding hydrogens is 234 g/mol. The fraction of sp³-hybridized carbons (Fsp3) is 1.00. The maximum atomic E-state index is 8.75. The lowest BCUT2D eigenvalue weighted by atomic mass is 10.0. The molecule has 0 saturated carbocycles. The Morgan fingerprint density at radius 2 is 1.24 bits per heavy atom. The molecule has 0 radical (unpaired) electrons. The van der Waals surface area contributed by atoms with Gasteiger partial charge in [0.15, 0.2) is 0 Å². The summed E-state index contributed by atoms with van der Waals surface area (Å²) in [6.45, 7) is 2.40. The van der Waals surface area contributed by atoms with Crippen LogP contribution in [0.2, 0.25) is 0 Å². The van der Waals surface area contributed by atoms with Crippen LogP contribution in [0, 0.1) is 0 Å². The molecule has 0 amide bonds. The van der Waals surface area contributed by atoms with Crippen LogP contribution in [0.3, 0.4) is 0 Å². The van der Waals surface area contributed by atoms with Gasteiger partial charge in [-0.15, -0.1) is 12.4 Å². The average molecular weight is 266 g/mol. The van der Waals surface area contributed by atoms with Crippen molar-refractivity contribution >= 4 is 12.4 Å². The number of unbranched alkanes of at least 4 members (excludes halogenated alkanes) is 9. The highest BCUT2D eigenvalue weighted by Crippen LogP contribution is 2.11. The van der Waals surface area contributed by atoms with Crippen LogP contribution in [0.1, 0.15) is 77.6 Å². The predicted molar refractivity (Wildman–Crippen MR) is 78.8 cm³/mol. The molecule has 0 fully saturated rings. The third kappa shape index (κ3) is 16.2. The van der Waals surface area contributed by atoms with E-state index in [0.29, 0.717) is 0 Å². The second kappa shape index (κ2) is 16.2. The van der Waals surface area contributed by atoms with Gasteiger partial charge in [0.25, 0.3) is 0 Å². The van der Waals surface area contributed by atoms with Crippen molar-refractivity contribution in [1.82, 2.24) is 0 Å². The quantitative estimate of drug-likeness (QED) is 0.523. The highest BCUT2D eigenvalue weighted by atomic mass is 35.5. The Bertz CT molecular complexity index is 133. The van der Waals surface area contributed by atoms with Crippen molar-refractivity contribution in [3.05, 3.63) is 0 Å². The molecule has 0 aromatic heterocycles. The van der Waals surface area contributed by atoms with Crippen molar-refractivity contribution in [2.75, 3.05) is 6.61 Å². The number of rotatable bonds is 12. The number of aliphatic hydroxyl groups excluding tert-OH is 1. The van der Waals surface area contributed by atoms with E-state index < -0.39 is 0 Å². The van der Waals surface area contributed by atoms with Crippen LogP contribution in [-0.2, 0) is 0 Å². The third-order valence-electron chi connectivity index (χ3n) is 3.16. The Balaban J connectivity index is 0. The summed E-state index contributed by atoms with van der Waals surface area (Å²) in [6.07, 6.45) is 14.5. The summed E-state index contributed by atoms with van der Waals surface area (Å²) < 4.78 is 0. The van der Waals surface area contributed by atoms with Crippen LogP contribution in [-0.4, -0.2) is 17.8 Å². The minimum absolute atomic E-state index is 0. The van der Waals surface area contributed by atoms with Gasteiger partial charge in [-0.2, -0.15) is 0 Å². The SMILES string of the molecule is CCCCCCCCCCCCC(N)CO.Cl. The Kier molecular flexibility index (Phi) is 18.6. The fourth-order valence-corrected chi connectivity index (χ4v) is 1.99. The van der Waals surface area contributed by atoms with Gasteiger partial charge in [-0.05, 0) is 6.42 Å². The zero-order valence-electron chi connectivity index (χ0n) is 11.5. The number of halogens is 1. The molecule has 17 heavy (non-hydrogen) atoms. The van der Waals surface area contributed by atoms with E-state index in [4.69, 9.17) is 10.8 Å². The summed E-state index contributed by atoms with van der Waals surface area (Å²) in [6, 6.07) is 0.00837. The van der Waals surface area contributed by atoms with Crippen LogP contribution >= 0.6 is 12.4 Å². The van der Waals surface area contributed by atoms with Gasteiger partial charge >= 0.3 is 0 Å². The minimum Gasteiger partial charge on any atom is -0.395 e. The Hall–Kier alpha value is 0.210. The first-order valence-electron chi connectivity index (χ1n) is 7.17. The summed E-state index contributed by atoms with van der Waals surface area (Å²) >= 11 is 0. The van der Waals surface area contributed by atoms with Crippen LogP contribution in [0.15, 0.2) is 0 Å². The monoisotopic (exact) mass is 265 g/mol. The van der Waals surface area contributed by atoms with Crippen molar-refractivity contribution < 1.29 is 5.11 Å². The van der Waals surface area contributed by atoms with Gasteiger partial charge in [0, 0.05) is 6.04 Å². The van der Waals surface area contributed by atoms with Gasteiger partial charge in [-0.25, -0.2) is 0 Å². The second-order valence-electron chi connectivity index (χ2n) is 4.91. The van der Waals surface area contributed by atoms with E-state index in [1.165, 1.54) is 64.2 Å². The number of nitrogens with two attached hydrogens (primary N) is 1. The maximum Gasteiger partial charge on any atom is 0.0582 e. The molecule has 2 nitrogen and oxygen atoms in total. The molecule has 0 aliphatic rings. The van der Waals surface area contributed by atoms with E-state index in [2.05, 4.69) is 6.92 Å². The summed E-state index contributed by atoms with van der Waals surface area (Å²) in [5.41, 5.74) is 5.63. The highest BCUT2D eigenvalue weighted by Gasteiger charge is 1.99. The Labute approximate surface area is 114 Å². The normalized spacial score (nSPS) is 12.2. The molecule has 106 valence electrons. The molecule has 1 unspecified atom stereocenters. The topological polar surface area (TPSA) is 46.2 Å². The predicted octanol–water partition coefficient (Wildman–Crippen LogP) is 4.04. The third-order valence-corrected chi connectivity index (χ3v) is 3.16. The standard InChI is InChI=1S/C14H31NO.ClH/c1-2-3-4-5-6-7-8-9-10-11-12-14(15)13-16;/h14,16H,2-13,15H2,1H3;1H. The molecule has 0 saturated heterocycles.